The second-order valence-electron chi connectivity index (χ2n) is 9.10. The summed E-state index contributed by atoms with van der Waals surface area (Å²) in [6.07, 6.45) is 2.87. The minimum Gasteiger partial charge on any atom is -0.497 e. The number of ether oxygens (including phenoxy) is 1. The first-order chi connectivity index (χ1) is 15.5. The predicted molar refractivity (Wildman–Crippen MR) is 131 cm³/mol. The number of pyridine rings is 1. The van der Waals surface area contributed by atoms with Crippen LogP contribution in [0.4, 0.5) is 0 Å². The standard InChI is InChI=1S/C26H28Cl2N2O2/c1-3-15-14-30-7-6-16(15)10-25(30)26(31)22-13-24(17-8-18(27)11-19(28)9-17)29-23-5-4-20(32-2)12-21(22)23/h4-5,8-9,11-13,15-16,25-26,31H,3,6-7,10,14H2,1-2H3/t15-,16-,25-,26+/m0/s1. The van der Waals surface area contributed by atoms with E-state index in [1.165, 1.54) is 12.8 Å². The number of halogens is 2. The second kappa shape index (κ2) is 8.83. The van der Waals surface area contributed by atoms with Crippen LogP contribution in [0, 0.1) is 11.8 Å². The van der Waals surface area contributed by atoms with Crippen LogP contribution in [0.15, 0.2) is 42.5 Å². The Morgan fingerprint density at radius 3 is 2.59 bits per heavy atom. The van der Waals surface area contributed by atoms with Gasteiger partial charge in [-0.2, -0.15) is 0 Å². The molecule has 1 aromatic heterocycles. The minimum atomic E-state index is -0.610. The van der Waals surface area contributed by atoms with E-state index < -0.39 is 6.10 Å². The Kier molecular flexibility index (Phi) is 6.06. The van der Waals surface area contributed by atoms with Gasteiger partial charge in [-0.25, -0.2) is 4.98 Å². The second-order valence-corrected chi connectivity index (χ2v) is 9.97. The van der Waals surface area contributed by atoms with Crippen molar-refractivity contribution in [2.45, 2.75) is 38.3 Å². The molecule has 0 saturated carbocycles. The molecule has 0 radical (unpaired) electrons. The van der Waals surface area contributed by atoms with Crippen LogP contribution in [0.5, 0.6) is 5.75 Å². The third kappa shape index (κ3) is 3.99. The van der Waals surface area contributed by atoms with Crippen molar-refractivity contribution < 1.29 is 9.84 Å². The quantitative estimate of drug-likeness (QED) is 0.470. The highest BCUT2D eigenvalue weighted by Gasteiger charge is 2.42. The monoisotopic (exact) mass is 470 g/mol. The van der Waals surface area contributed by atoms with Gasteiger partial charge in [-0.15, -0.1) is 0 Å². The minimum absolute atomic E-state index is 0.115. The summed E-state index contributed by atoms with van der Waals surface area (Å²) in [5.74, 6) is 2.19. The van der Waals surface area contributed by atoms with Crippen molar-refractivity contribution in [3.05, 3.63) is 58.1 Å². The molecule has 32 heavy (non-hydrogen) atoms. The van der Waals surface area contributed by atoms with Crippen molar-refractivity contribution >= 4 is 34.1 Å². The summed E-state index contributed by atoms with van der Waals surface area (Å²) in [5, 5.41) is 13.8. The molecule has 1 N–H and O–H groups in total. The first kappa shape index (κ1) is 22.0. The molecule has 4 heterocycles. The maximum absolute atomic E-state index is 11.7. The number of hydrogen-bond acceptors (Lipinski definition) is 4. The average molecular weight is 471 g/mol. The van der Waals surface area contributed by atoms with Crippen molar-refractivity contribution in [2.75, 3.05) is 20.2 Å². The van der Waals surface area contributed by atoms with Gasteiger partial charge in [0, 0.05) is 33.6 Å². The lowest BCUT2D eigenvalue weighted by atomic mass is 9.72. The molecule has 0 amide bonds. The SMILES string of the molecule is CC[C@H]1CN2CC[C@H]1C[C@H]2[C@H](O)c1cc(-c2cc(Cl)cc(Cl)c2)nc2ccc(OC)cc12. The molecule has 3 saturated heterocycles. The molecule has 5 atom stereocenters. The van der Waals surface area contributed by atoms with Gasteiger partial charge >= 0.3 is 0 Å². The summed E-state index contributed by atoms with van der Waals surface area (Å²) in [5.41, 5.74) is 3.29. The van der Waals surface area contributed by atoms with Gasteiger partial charge in [0.05, 0.1) is 24.4 Å². The van der Waals surface area contributed by atoms with E-state index in [9.17, 15) is 5.11 Å². The fourth-order valence-electron chi connectivity index (χ4n) is 5.63. The van der Waals surface area contributed by atoms with E-state index >= 15 is 0 Å². The lowest BCUT2D eigenvalue weighted by Gasteiger charge is -2.51. The zero-order chi connectivity index (χ0) is 22.4. The molecule has 3 fully saturated rings. The van der Waals surface area contributed by atoms with Gasteiger partial charge in [-0.05, 0) is 79.3 Å². The van der Waals surface area contributed by atoms with Gasteiger partial charge in [0.1, 0.15) is 5.75 Å². The number of nitrogens with zero attached hydrogens (tertiary/aromatic N) is 2. The number of methoxy groups -OCH3 is 1. The highest BCUT2D eigenvalue weighted by Crippen LogP contribution is 2.43. The Morgan fingerprint density at radius 2 is 1.94 bits per heavy atom. The molecular weight excluding hydrogens is 443 g/mol. The number of rotatable bonds is 5. The van der Waals surface area contributed by atoms with Gasteiger partial charge in [0.2, 0.25) is 0 Å². The molecule has 1 unspecified atom stereocenters. The van der Waals surface area contributed by atoms with Crippen LogP contribution < -0.4 is 4.74 Å². The molecule has 3 aromatic rings. The Morgan fingerprint density at radius 1 is 1.16 bits per heavy atom. The smallest absolute Gasteiger partial charge is 0.119 e. The molecule has 4 nitrogen and oxygen atoms in total. The van der Waals surface area contributed by atoms with Crippen molar-refractivity contribution in [1.29, 1.82) is 0 Å². The van der Waals surface area contributed by atoms with Crippen LogP contribution in [-0.2, 0) is 0 Å². The topological polar surface area (TPSA) is 45.6 Å². The van der Waals surface area contributed by atoms with Crippen LogP contribution in [0.3, 0.4) is 0 Å². The maximum atomic E-state index is 11.7. The summed E-state index contributed by atoms with van der Waals surface area (Å²) in [6, 6.07) is 13.4. The van der Waals surface area contributed by atoms with E-state index in [4.69, 9.17) is 32.9 Å². The maximum Gasteiger partial charge on any atom is 0.119 e. The first-order valence-electron chi connectivity index (χ1n) is 11.3. The number of aliphatic hydroxyl groups is 1. The lowest BCUT2D eigenvalue weighted by Crippen LogP contribution is -2.55. The van der Waals surface area contributed by atoms with Crippen LogP contribution in [0.2, 0.25) is 10.0 Å². The molecule has 0 aliphatic carbocycles. The number of aliphatic hydroxyl groups excluding tert-OH is 1. The molecule has 0 spiro atoms. The highest BCUT2D eigenvalue weighted by atomic mass is 35.5. The highest BCUT2D eigenvalue weighted by molar-refractivity contribution is 6.35. The van der Waals surface area contributed by atoms with Gasteiger partial charge < -0.3 is 9.84 Å². The van der Waals surface area contributed by atoms with Crippen molar-refractivity contribution in [2.24, 2.45) is 11.8 Å². The number of fused-ring (bicyclic) bond motifs is 4. The molecule has 168 valence electrons. The fourth-order valence-corrected chi connectivity index (χ4v) is 6.16. The van der Waals surface area contributed by atoms with Crippen molar-refractivity contribution in [3.63, 3.8) is 0 Å². The Bertz CT molecular complexity index is 1130. The van der Waals surface area contributed by atoms with Gasteiger partial charge in [-0.3, -0.25) is 4.90 Å². The number of piperidine rings is 3. The van der Waals surface area contributed by atoms with E-state index in [0.717, 1.165) is 58.9 Å². The molecule has 6 heteroatoms. The van der Waals surface area contributed by atoms with Crippen LogP contribution in [0.1, 0.15) is 37.9 Å². The summed E-state index contributed by atoms with van der Waals surface area (Å²) >= 11 is 12.5. The van der Waals surface area contributed by atoms with E-state index in [0.29, 0.717) is 16.0 Å². The van der Waals surface area contributed by atoms with E-state index in [1.807, 2.05) is 36.4 Å². The summed E-state index contributed by atoms with van der Waals surface area (Å²) in [7, 11) is 1.66. The Hall–Kier alpha value is -1.85. The van der Waals surface area contributed by atoms with Gasteiger partial charge in [-0.1, -0.05) is 36.5 Å². The normalized spacial score (nSPS) is 25.8. The summed E-state index contributed by atoms with van der Waals surface area (Å²) in [4.78, 5) is 7.35. The number of hydrogen-bond donors (Lipinski definition) is 1. The molecule has 2 bridgehead atoms. The molecular formula is C26H28Cl2N2O2. The van der Waals surface area contributed by atoms with E-state index in [1.54, 1.807) is 13.2 Å². The van der Waals surface area contributed by atoms with Crippen LogP contribution in [0.25, 0.3) is 22.2 Å². The molecule has 2 aromatic carbocycles. The third-order valence-electron chi connectivity index (χ3n) is 7.35. The summed E-state index contributed by atoms with van der Waals surface area (Å²) in [6.45, 7) is 4.42. The fraction of sp³-hybridized carbons (Fsp3) is 0.423. The van der Waals surface area contributed by atoms with Gasteiger partial charge in [0.25, 0.3) is 0 Å². The van der Waals surface area contributed by atoms with Crippen LogP contribution in [-0.4, -0.2) is 41.2 Å². The van der Waals surface area contributed by atoms with Crippen LogP contribution >= 0.6 is 23.2 Å². The zero-order valence-electron chi connectivity index (χ0n) is 18.4. The van der Waals surface area contributed by atoms with Crippen molar-refractivity contribution in [3.8, 4) is 17.0 Å². The van der Waals surface area contributed by atoms with Crippen molar-refractivity contribution in [1.82, 2.24) is 9.88 Å². The Labute approximate surface area is 199 Å². The van der Waals surface area contributed by atoms with E-state index in [-0.39, 0.29) is 6.04 Å². The van der Waals surface area contributed by atoms with E-state index in [2.05, 4.69) is 11.8 Å². The predicted octanol–water partition coefficient (Wildman–Crippen LogP) is 6.37. The molecule has 3 aliphatic rings. The van der Waals surface area contributed by atoms with Gasteiger partial charge in [0.15, 0.2) is 0 Å². The number of aromatic nitrogens is 1. The molecule has 3 aliphatic heterocycles. The largest absolute Gasteiger partial charge is 0.497 e. The summed E-state index contributed by atoms with van der Waals surface area (Å²) < 4.78 is 5.47. The first-order valence-corrected chi connectivity index (χ1v) is 12.1. The third-order valence-corrected chi connectivity index (χ3v) is 7.79. The Balaban J connectivity index is 1.61. The lowest BCUT2D eigenvalue weighted by molar-refractivity contribution is -0.0562. The molecule has 6 rings (SSSR count). The number of benzene rings is 2. The average Bonchev–Trinajstić information content (AvgIpc) is 2.82. The zero-order valence-corrected chi connectivity index (χ0v) is 19.9.